The Hall–Kier alpha value is -2.01. The number of rotatable bonds is 2. The number of phenols is 2. The van der Waals surface area contributed by atoms with Gasteiger partial charge in [-0.25, -0.2) is 8.42 Å². The van der Waals surface area contributed by atoms with Gasteiger partial charge in [-0.05, 0) is 36.8 Å². The molecule has 4 nitrogen and oxygen atoms in total. The van der Waals surface area contributed by atoms with E-state index in [1.54, 1.807) is 19.1 Å². The zero-order chi connectivity index (χ0) is 13.3. The molecule has 2 aromatic carbocycles. The highest BCUT2D eigenvalue weighted by molar-refractivity contribution is 7.91. The van der Waals surface area contributed by atoms with Crippen molar-refractivity contribution in [1.29, 1.82) is 0 Å². The molecule has 5 heteroatoms. The average Bonchev–Trinajstić information content (AvgIpc) is 2.27. The second-order valence-electron chi connectivity index (χ2n) is 4.01. The monoisotopic (exact) mass is 264 g/mol. The van der Waals surface area contributed by atoms with Gasteiger partial charge in [-0.3, -0.25) is 0 Å². The molecule has 0 saturated carbocycles. The largest absolute Gasteiger partial charge is 0.508 e. The van der Waals surface area contributed by atoms with Gasteiger partial charge in [0.2, 0.25) is 9.84 Å². The van der Waals surface area contributed by atoms with Gasteiger partial charge in [0.25, 0.3) is 0 Å². The first-order valence-electron chi connectivity index (χ1n) is 5.24. The fourth-order valence-electron chi connectivity index (χ4n) is 1.64. The van der Waals surface area contributed by atoms with Crippen LogP contribution in [0.2, 0.25) is 0 Å². The number of benzene rings is 2. The quantitative estimate of drug-likeness (QED) is 0.872. The van der Waals surface area contributed by atoms with Crippen molar-refractivity contribution in [2.45, 2.75) is 16.7 Å². The highest BCUT2D eigenvalue weighted by Crippen LogP contribution is 2.28. The standard InChI is InChI=1S/C13H12O4S/c1-9-3-2-4-12(5-9)18(16,17)13-7-10(14)6-11(15)8-13/h2-8,14-15H,1H3. The normalized spacial score (nSPS) is 11.4. The first kappa shape index (κ1) is 12.4. The lowest BCUT2D eigenvalue weighted by Gasteiger charge is -2.06. The zero-order valence-electron chi connectivity index (χ0n) is 9.66. The molecule has 2 aromatic rings. The number of sulfone groups is 1. The van der Waals surface area contributed by atoms with Crippen LogP contribution in [-0.2, 0) is 9.84 Å². The molecule has 0 aliphatic heterocycles. The Morgan fingerprint density at radius 1 is 0.889 bits per heavy atom. The van der Waals surface area contributed by atoms with E-state index in [0.717, 1.165) is 23.8 Å². The van der Waals surface area contributed by atoms with Crippen molar-refractivity contribution in [3.05, 3.63) is 48.0 Å². The van der Waals surface area contributed by atoms with Gasteiger partial charge < -0.3 is 10.2 Å². The fraction of sp³-hybridized carbons (Fsp3) is 0.0769. The number of aryl methyl sites for hydroxylation is 1. The Bertz CT molecular complexity index is 670. The van der Waals surface area contributed by atoms with Crippen LogP contribution in [0.15, 0.2) is 52.3 Å². The van der Waals surface area contributed by atoms with Crippen molar-refractivity contribution in [1.82, 2.24) is 0 Å². The molecule has 18 heavy (non-hydrogen) atoms. The number of phenolic OH excluding ortho intramolecular Hbond substituents is 2. The topological polar surface area (TPSA) is 74.6 Å². The molecular weight excluding hydrogens is 252 g/mol. The molecule has 0 bridgehead atoms. The van der Waals surface area contributed by atoms with E-state index >= 15 is 0 Å². The number of hydrogen-bond donors (Lipinski definition) is 2. The molecule has 0 saturated heterocycles. The van der Waals surface area contributed by atoms with Crippen molar-refractivity contribution in [2.75, 3.05) is 0 Å². The molecular formula is C13H12O4S. The van der Waals surface area contributed by atoms with E-state index in [1.807, 2.05) is 0 Å². The summed E-state index contributed by atoms with van der Waals surface area (Å²) in [6, 6.07) is 9.74. The zero-order valence-corrected chi connectivity index (χ0v) is 10.5. The maximum Gasteiger partial charge on any atom is 0.206 e. The molecule has 0 radical (unpaired) electrons. The summed E-state index contributed by atoms with van der Waals surface area (Å²) in [5.41, 5.74) is 0.820. The summed E-state index contributed by atoms with van der Waals surface area (Å²) < 4.78 is 24.5. The van der Waals surface area contributed by atoms with E-state index < -0.39 is 9.84 Å². The van der Waals surface area contributed by atoms with Crippen LogP contribution in [0.5, 0.6) is 11.5 Å². The van der Waals surface area contributed by atoms with Crippen LogP contribution in [-0.4, -0.2) is 18.6 Å². The van der Waals surface area contributed by atoms with Crippen molar-refractivity contribution < 1.29 is 18.6 Å². The van der Waals surface area contributed by atoms with Gasteiger partial charge in [0.15, 0.2) is 0 Å². The van der Waals surface area contributed by atoms with E-state index in [1.165, 1.54) is 12.1 Å². The van der Waals surface area contributed by atoms with Crippen LogP contribution < -0.4 is 0 Å². The third-order valence-corrected chi connectivity index (χ3v) is 4.22. The minimum Gasteiger partial charge on any atom is -0.508 e. The molecule has 0 heterocycles. The summed E-state index contributed by atoms with van der Waals surface area (Å²) in [6.45, 7) is 1.79. The molecule has 0 aliphatic carbocycles. The van der Waals surface area contributed by atoms with Crippen LogP contribution in [0.1, 0.15) is 5.56 Å². The molecule has 2 N–H and O–H groups in total. The van der Waals surface area contributed by atoms with Crippen LogP contribution in [0.25, 0.3) is 0 Å². The molecule has 94 valence electrons. The Morgan fingerprint density at radius 3 is 2.06 bits per heavy atom. The van der Waals surface area contributed by atoms with Gasteiger partial charge >= 0.3 is 0 Å². The minimum atomic E-state index is -3.73. The molecule has 0 atom stereocenters. The molecule has 0 aromatic heterocycles. The summed E-state index contributed by atoms with van der Waals surface area (Å²) in [6.07, 6.45) is 0. The summed E-state index contributed by atoms with van der Waals surface area (Å²) in [5.74, 6) is -0.581. The van der Waals surface area contributed by atoms with Gasteiger partial charge in [0, 0.05) is 6.07 Å². The highest BCUT2D eigenvalue weighted by Gasteiger charge is 2.19. The predicted molar refractivity (Wildman–Crippen MR) is 66.4 cm³/mol. The lowest BCUT2D eigenvalue weighted by molar-refractivity contribution is 0.447. The van der Waals surface area contributed by atoms with E-state index in [0.29, 0.717) is 0 Å². The molecule has 2 rings (SSSR count). The van der Waals surface area contributed by atoms with Crippen molar-refractivity contribution in [3.63, 3.8) is 0 Å². The van der Waals surface area contributed by atoms with Gasteiger partial charge in [-0.15, -0.1) is 0 Å². The number of aromatic hydroxyl groups is 2. The Morgan fingerprint density at radius 2 is 1.50 bits per heavy atom. The molecule has 0 spiro atoms. The second-order valence-corrected chi connectivity index (χ2v) is 5.95. The number of hydrogen-bond acceptors (Lipinski definition) is 4. The maximum absolute atomic E-state index is 12.3. The van der Waals surface area contributed by atoms with E-state index in [-0.39, 0.29) is 21.3 Å². The van der Waals surface area contributed by atoms with E-state index in [9.17, 15) is 18.6 Å². The maximum atomic E-state index is 12.3. The van der Waals surface area contributed by atoms with E-state index in [2.05, 4.69) is 0 Å². The van der Waals surface area contributed by atoms with Crippen LogP contribution in [0.3, 0.4) is 0 Å². The summed E-state index contributed by atoms with van der Waals surface area (Å²) in [4.78, 5) is -0.00176. The highest BCUT2D eigenvalue weighted by atomic mass is 32.2. The molecule has 0 fully saturated rings. The van der Waals surface area contributed by atoms with Gasteiger partial charge in [0.1, 0.15) is 11.5 Å². The van der Waals surface area contributed by atoms with Crippen molar-refractivity contribution in [2.24, 2.45) is 0 Å². The summed E-state index contributed by atoms with van der Waals surface area (Å²) >= 11 is 0. The van der Waals surface area contributed by atoms with Gasteiger partial charge in [-0.2, -0.15) is 0 Å². The Labute approximate surface area is 105 Å². The average molecular weight is 264 g/mol. The van der Waals surface area contributed by atoms with Gasteiger partial charge in [0.05, 0.1) is 9.79 Å². The Balaban J connectivity index is 2.61. The smallest absolute Gasteiger partial charge is 0.206 e. The molecule has 0 unspecified atom stereocenters. The minimum absolute atomic E-state index is 0.132. The van der Waals surface area contributed by atoms with Crippen molar-refractivity contribution in [3.8, 4) is 11.5 Å². The third-order valence-electron chi connectivity index (χ3n) is 2.49. The molecule has 0 aliphatic rings. The van der Waals surface area contributed by atoms with Crippen LogP contribution in [0.4, 0.5) is 0 Å². The van der Waals surface area contributed by atoms with E-state index in [4.69, 9.17) is 0 Å². The lowest BCUT2D eigenvalue weighted by atomic mass is 10.2. The first-order valence-corrected chi connectivity index (χ1v) is 6.73. The first-order chi connectivity index (χ1) is 8.39. The van der Waals surface area contributed by atoms with Gasteiger partial charge in [-0.1, -0.05) is 12.1 Å². The van der Waals surface area contributed by atoms with Crippen molar-refractivity contribution >= 4 is 9.84 Å². The fourth-order valence-corrected chi connectivity index (χ4v) is 3.06. The Kier molecular flexibility index (Phi) is 3.00. The molecule has 0 amide bonds. The van der Waals surface area contributed by atoms with Crippen LogP contribution in [0, 0.1) is 6.92 Å². The SMILES string of the molecule is Cc1cccc(S(=O)(=O)c2cc(O)cc(O)c2)c1. The third kappa shape index (κ3) is 2.31. The van der Waals surface area contributed by atoms with Crippen LogP contribution >= 0.6 is 0 Å². The lowest BCUT2D eigenvalue weighted by Crippen LogP contribution is -2.02. The second kappa shape index (κ2) is 4.34. The summed E-state index contributed by atoms with van der Waals surface area (Å²) in [5, 5.41) is 18.7. The predicted octanol–water partition coefficient (Wildman–Crippen LogP) is 2.24. The summed E-state index contributed by atoms with van der Waals surface area (Å²) in [7, 11) is -3.73.